The van der Waals surface area contributed by atoms with E-state index in [1.54, 1.807) is 19.1 Å². The van der Waals surface area contributed by atoms with Crippen molar-refractivity contribution in [1.82, 2.24) is 19.8 Å². The molecule has 1 N–H and O–H groups in total. The fraction of sp³-hybridized carbons (Fsp3) is 0.375. The van der Waals surface area contributed by atoms with Crippen LogP contribution in [0.2, 0.25) is 0 Å². The zero-order chi connectivity index (χ0) is 22.3. The molecule has 0 bridgehead atoms. The lowest BCUT2D eigenvalue weighted by Gasteiger charge is -2.22. The summed E-state index contributed by atoms with van der Waals surface area (Å²) in [6.07, 6.45) is 2.68. The summed E-state index contributed by atoms with van der Waals surface area (Å²) >= 11 is 0. The van der Waals surface area contributed by atoms with Crippen LogP contribution in [0.3, 0.4) is 0 Å². The van der Waals surface area contributed by atoms with E-state index >= 15 is 0 Å². The first-order chi connectivity index (χ1) is 14.6. The molecule has 3 heterocycles. The second-order valence-electron chi connectivity index (χ2n) is 9.05. The Morgan fingerprint density at radius 1 is 1.19 bits per heavy atom. The molecular weight excluding hydrogens is 395 g/mol. The normalized spacial score (nSPS) is 15.1. The molecule has 6 nitrogen and oxygen atoms in total. The van der Waals surface area contributed by atoms with Crippen molar-refractivity contribution in [1.29, 1.82) is 0 Å². The van der Waals surface area contributed by atoms with Crippen molar-refractivity contribution in [3.05, 3.63) is 53.6 Å². The van der Waals surface area contributed by atoms with Crippen LogP contribution in [-0.2, 0) is 10.3 Å². The number of carbonyl (C=O) groups excluding carboxylic acids is 2. The third-order valence-corrected chi connectivity index (χ3v) is 5.63. The highest BCUT2D eigenvalue weighted by molar-refractivity contribution is 6.00. The lowest BCUT2D eigenvalue weighted by Crippen LogP contribution is -2.37. The fourth-order valence-corrected chi connectivity index (χ4v) is 3.86. The van der Waals surface area contributed by atoms with E-state index in [1.807, 2.05) is 22.9 Å². The van der Waals surface area contributed by atoms with E-state index < -0.39 is 0 Å². The molecule has 0 unspecified atom stereocenters. The van der Waals surface area contributed by atoms with Gasteiger partial charge in [-0.2, -0.15) is 0 Å². The molecule has 0 aliphatic carbocycles. The van der Waals surface area contributed by atoms with E-state index in [2.05, 4.69) is 26.1 Å². The predicted octanol–water partition coefficient (Wildman–Crippen LogP) is 3.87. The molecule has 0 radical (unpaired) electrons. The Morgan fingerprint density at radius 3 is 2.68 bits per heavy atom. The minimum Gasteiger partial charge on any atom is -0.354 e. The van der Waals surface area contributed by atoms with Gasteiger partial charge in [-0.3, -0.25) is 9.59 Å². The first kappa shape index (κ1) is 21.0. The second kappa shape index (κ2) is 7.80. The zero-order valence-electron chi connectivity index (χ0n) is 18.3. The van der Waals surface area contributed by atoms with Gasteiger partial charge in [-0.15, -0.1) is 0 Å². The van der Waals surface area contributed by atoms with Crippen LogP contribution in [0.5, 0.6) is 0 Å². The molecule has 3 aromatic rings. The number of rotatable bonds is 2. The molecule has 0 saturated carbocycles. The average Bonchev–Trinajstić information content (AvgIpc) is 2.97. The molecule has 1 saturated heterocycles. The lowest BCUT2D eigenvalue weighted by molar-refractivity contribution is -0.121. The van der Waals surface area contributed by atoms with E-state index in [0.29, 0.717) is 36.4 Å². The van der Waals surface area contributed by atoms with Crippen LogP contribution in [0.25, 0.3) is 22.2 Å². The summed E-state index contributed by atoms with van der Waals surface area (Å²) in [5.41, 5.74) is 2.89. The molecule has 1 aliphatic heterocycles. The number of carbonyl (C=O) groups is 2. The Hall–Kier alpha value is -3.22. The number of nitrogens with zero attached hydrogens (tertiary/aromatic N) is 3. The summed E-state index contributed by atoms with van der Waals surface area (Å²) in [6.45, 7) is 9.01. The maximum absolute atomic E-state index is 14.2. The minimum absolute atomic E-state index is 0.0345. The summed E-state index contributed by atoms with van der Waals surface area (Å²) in [5.74, 6) is -0.675. The van der Waals surface area contributed by atoms with Gasteiger partial charge in [-0.05, 0) is 63.4 Å². The van der Waals surface area contributed by atoms with Gasteiger partial charge < -0.3 is 14.8 Å². The number of aryl methyl sites for hydroxylation is 1. The van der Waals surface area contributed by atoms with Crippen molar-refractivity contribution >= 4 is 22.8 Å². The quantitative estimate of drug-likeness (QED) is 0.682. The third-order valence-electron chi connectivity index (χ3n) is 5.63. The highest BCUT2D eigenvalue weighted by Gasteiger charge is 2.25. The van der Waals surface area contributed by atoms with Gasteiger partial charge in [0.1, 0.15) is 17.2 Å². The number of fused-ring (bicyclic) bond motifs is 1. The Balaban J connectivity index is 1.82. The molecule has 1 aliphatic rings. The van der Waals surface area contributed by atoms with E-state index in [4.69, 9.17) is 4.98 Å². The Morgan fingerprint density at radius 2 is 1.97 bits per heavy atom. The smallest absolute Gasteiger partial charge is 0.273 e. The molecule has 2 aromatic heterocycles. The number of aromatic nitrogens is 2. The molecule has 0 atom stereocenters. The first-order valence-corrected chi connectivity index (χ1v) is 10.5. The monoisotopic (exact) mass is 422 g/mol. The van der Waals surface area contributed by atoms with Crippen LogP contribution in [0.15, 0.2) is 36.5 Å². The molecule has 2 amide bonds. The van der Waals surface area contributed by atoms with Crippen LogP contribution < -0.4 is 5.32 Å². The summed E-state index contributed by atoms with van der Waals surface area (Å²) in [7, 11) is 0. The lowest BCUT2D eigenvalue weighted by atomic mass is 10.0. The third kappa shape index (κ3) is 4.04. The zero-order valence-corrected chi connectivity index (χ0v) is 18.3. The first-order valence-electron chi connectivity index (χ1n) is 10.5. The van der Waals surface area contributed by atoms with E-state index in [9.17, 15) is 14.0 Å². The molecule has 4 rings (SSSR count). The largest absolute Gasteiger partial charge is 0.354 e. The van der Waals surface area contributed by atoms with Gasteiger partial charge in [0.25, 0.3) is 5.91 Å². The Labute approximate surface area is 181 Å². The molecule has 1 aromatic carbocycles. The van der Waals surface area contributed by atoms with Crippen molar-refractivity contribution < 1.29 is 14.0 Å². The number of hydrogen-bond acceptors (Lipinski definition) is 3. The van der Waals surface area contributed by atoms with Gasteiger partial charge in [-0.25, -0.2) is 9.37 Å². The van der Waals surface area contributed by atoms with Crippen LogP contribution in [0, 0.1) is 12.7 Å². The highest BCUT2D eigenvalue weighted by Crippen LogP contribution is 2.34. The van der Waals surface area contributed by atoms with Crippen molar-refractivity contribution in [2.45, 2.75) is 39.7 Å². The number of amides is 2. The van der Waals surface area contributed by atoms with Crippen LogP contribution >= 0.6 is 0 Å². The standard InChI is InChI=1S/C24H27FN4O2/c1-15-6-7-16(12-19(15)25)18-13-29(24(2,3)4)22-17(18)8-9-20(27-22)23(31)28-11-5-10-26-21(30)14-28/h6-9,12-13H,5,10-11,14H2,1-4H3,(H,26,30). The van der Waals surface area contributed by atoms with Gasteiger partial charge in [0.15, 0.2) is 0 Å². The fourth-order valence-electron chi connectivity index (χ4n) is 3.86. The summed E-state index contributed by atoms with van der Waals surface area (Å²) < 4.78 is 16.3. The predicted molar refractivity (Wildman–Crippen MR) is 118 cm³/mol. The van der Waals surface area contributed by atoms with Gasteiger partial charge in [-0.1, -0.05) is 12.1 Å². The number of hydrogen-bond donors (Lipinski definition) is 1. The highest BCUT2D eigenvalue weighted by atomic mass is 19.1. The summed E-state index contributed by atoms with van der Waals surface area (Å²) in [6, 6.07) is 8.75. The number of halogens is 1. The van der Waals surface area contributed by atoms with Crippen molar-refractivity contribution in [3.8, 4) is 11.1 Å². The van der Waals surface area contributed by atoms with E-state index in [0.717, 1.165) is 16.5 Å². The second-order valence-corrected chi connectivity index (χ2v) is 9.05. The van der Waals surface area contributed by atoms with Crippen LogP contribution in [0.4, 0.5) is 4.39 Å². The van der Waals surface area contributed by atoms with Crippen LogP contribution in [0.1, 0.15) is 43.2 Å². The summed E-state index contributed by atoms with van der Waals surface area (Å²) in [5, 5.41) is 3.63. The number of nitrogens with one attached hydrogen (secondary N) is 1. The average molecular weight is 423 g/mol. The van der Waals surface area contributed by atoms with Crippen molar-refractivity contribution in [2.24, 2.45) is 0 Å². The van der Waals surface area contributed by atoms with Crippen molar-refractivity contribution in [2.75, 3.05) is 19.6 Å². The molecular formula is C24H27FN4O2. The maximum atomic E-state index is 14.2. The molecule has 162 valence electrons. The molecule has 31 heavy (non-hydrogen) atoms. The topological polar surface area (TPSA) is 67.2 Å². The Kier molecular flexibility index (Phi) is 5.29. The van der Waals surface area contributed by atoms with Crippen molar-refractivity contribution in [3.63, 3.8) is 0 Å². The van der Waals surface area contributed by atoms with E-state index in [-0.39, 0.29) is 29.7 Å². The molecule has 7 heteroatoms. The summed E-state index contributed by atoms with van der Waals surface area (Å²) in [4.78, 5) is 31.2. The maximum Gasteiger partial charge on any atom is 0.273 e. The van der Waals surface area contributed by atoms with Gasteiger partial charge in [0.05, 0.1) is 6.54 Å². The molecule has 0 spiro atoms. The van der Waals surface area contributed by atoms with Crippen LogP contribution in [-0.4, -0.2) is 45.9 Å². The van der Waals surface area contributed by atoms with Gasteiger partial charge in [0.2, 0.25) is 5.91 Å². The Bertz CT molecular complexity index is 1180. The van der Waals surface area contributed by atoms with Gasteiger partial charge >= 0.3 is 0 Å². The van der Waals surface area contributed by atoms with E-state index in [1.165, 1.54) is 11.0 Å². The SMILES string of the molecule is Cc1ccc(-c2cn(C(C)(C)C)c3nc(C(=O)N4CCCNC(=O)C4)ccc23)cc1F. The van der Waals surface area contributed by atoms with Gasteiger partial charge in [0, 0.05) is 35.8 Å². The number of benzene rings is 1. The molecule has 1 fully saturated rings. The number of pyridine rings is 1. The minimum atomic E-state index is -0.295.